The summed E-state index contributed by atoms with van der Waals surface area (Å²) < 4.78 is 36.0. The Morgan fingerprint density at radius 3 is 1.65 bits per heavy atom. The molecule has 414 valence electrons. The van der Waals surface area contributed by atoms with Gasteiger partial charge in [0.25, 0.3) is 21.8 Å². The Balaban J connectivity index is 0.000000198. The number of carbonyl (C=O) groups excluding carboxylic acids is 3. The van der Waals surface area contributed by atoms with Crippen LogP contribution in [0.4, 0.5) is 4.79 Å². The van der Waals surface area contributed by atoms with Crippen molar-refractivity contribution in [2.75, 3.05) is 13.1 Å². The third-order valence-electron chi connectivity index (χ3n) is 13.1. The minimum absolute atomic E-state index is 0.110. The molecule has 0 spiro atoms. The van der Waals surface area contributed by atoms with Crippen molar-refractivity contribution in [1.82, 2.24) is 34.9 Å². The zero-order valence-corrected chi connectivity index (χ0v) is 50.1. The molecule has 14 nitrogen and oxygen atoms in total. The Morgan fingerprint density at radius 1 is 0.634 bits per heavy atom. The first kappa shape index (κ1) is 57.2. The minimum atomic E-state index is -3.99. The van der Waals surface area contributed by atoms with Crippen molar-refractivity contribution in [3.8, 4) is 43.1 Å². The van der Waals surface area contributed by atoms with Gasteiger partial charge in [0.15, 0.2) is 5.65 Å². The van der Waals surface area contributed by atoms with Crippen LogP contribution in [0.3, 0.4) is 0 Å². The molecule has 5 aromatic carbocycles. The number of amides is 3. The summed E-state index contributed by atoms with van der Waals surface area (Å²) >= 11 is 10.1. The molecule has 0 saturated heterocycles. The molecule has 19 heteroatoms. The van der Waals surface area contributed by atoms with Gasteiger partial charge in [-0.2, -0.15) is 0 Å². The second-order valence-corrected chi connectivity index (χ2v) is 25.4. The van der Waals surface area contributed by atoms with Gasteiger partial charge >= 0.3 is 6.09 Å². The number of halogens is 2. The Morgan fingerprint density at radius 2 is 1.11 bits per heavy atom. The van der Waals surface area contributed by atoms with Gasteiger partial charge in [-0.3, -0.25) is 9.59 Å². The maximum absolute atomic E-state index is 13.9. The number of alkyl carbamates (subject to hydrolysis) is 1. The molecule has 6 N–H and O–H groups in total. The van der Waals surface area contributed by atoms with Crippen LogP contribution in [0.25, 0.3) is 65.2 Å². The molecule has 11 aromatic rings. The van der Waals surface area contributed by atoms with Gasteiger partial charge < -0.3 is 31.4 Å². The number of pyridine rings is 2. The summed E-state index contributed by atoms with van der Waals surface area (Å²) in [7, 11) is -3.99. The lowest BCUT2D eigenvalue weighted by atomic mass is 10.0. The summed E-state index contributed by atoms with van der Waals surface area (Å²) in [6.07, 6.45) is 6.37. The quantitative estimate of drug-likeness (QED) is 0.0662. The van der Waals surface area contributed by atoms with E-state index in [9.17, 15) is 22.8 Å². The molecule has 0 aliphatic heterocycles. The molecular formula is C63H54Br2N8O6S3. The molecule has 11 rings (SSSR count). The Hall–Kier alpha value is -8.04. The van der Waals surface area contributed by atoms with Gasteiger partial charge in [-0.15, -0.1) is 22.7 Å². The van der Waals surface area contributed by atoms with Gasteiger partial charge in [-0.25, -0.2) is 27.2 Å². The number of fused-ring (bicyclic) bond motifs is 2. The van der Waals surface area contributed by atoms with E-state index in [0.29, 0.717) is 37.3 Å². The van der Waals surface area contributed by atoms with E-state index >= 15 is 0 Å². The van der Waals surface area contributed by atoms with E-state index in [1.165, 1.54) is 26.6 Å². The van der Waals surface area contributed by atoms with Crippen molar-refractivity contribution in [1.29, 1.82) is 0 Å². The first-order valence-electron chi connectivity index (χ1n) is 25.9. The molecule has 0 radical (unpaired) electrons. The summed E-state index contributed by atoms with van der Waals surface area (Å²) in [5, 5.41) is 10.6. The van der Waals surface area contributed by atoms with Crippen LogP contribution in [0.1, 0.15) is 63.3 Å². The predicted molar refractivity (Wildman–Crippen MR) is 334 cm³/mol. The number of aromatic amines is 1. The van der Waals surface area contributed by atoms with E-state index in [1.807, 2.05) is 134 Å². The molecule has 0 aliphatic carbocycles. The molecule has 0 saturated carbocycles. The molecule has 6 aromatic heterocycles. The lowest BCUT2D eigenvalue weighted by Crippen LogP contribution is -2.40. The van der Waals surface area contributed by atoms with Crippen LogP contribution in [0.15, 0.2) is 215 Å². The summed E-state index contributed by atoms with van der Waals surface area (Å²) in [6.45, 7) is 5.78. The van der Waals surface area contributed by atoms with Crippen LogP contribution in [0.2, 0.25) is 0 Å². The SMILES string of the molecule is CC(C)(C)OC(=O)NCC(NC(=O)c1cc(Br)c(-c2ccnc3c2c(-c2ccccc2)cn3S(=O)(=O)c2ccccc2)s1)c1ccccc1.NCC(NC(=O)c1cc(Br)c(-c2ccnc3[nH]cc(-c4ccccc4)c23)s1)c1ccccc1. The van der Waals surface area contributed by atoms with E-state index in [4.69, 9.17) is 10.5 Å². The number of rotatable bonds is 15. The van der Waals surface area contributed by atoms with Gasteiger partial charge in [0, 0.05) is 79.8 Å². The van der Waals surface area contributed by atoms with Crippen LogP contribution in [-0.2, 0) is 14.8 Å². The Bertz CT molecular complexity index is 4170. The molecule has 82 heavy (non-hydrogen) atoms. The number of thiophene rings is 2. The minimum Gasteiger partial charge on any atom is -0.444 e. The number of hydrogen-bond acceptors (Lipinski definition) is 11. The monoisotopic (exact) mass is 1270 g/mol. The molecule has 6 heterocycles. The van der Waals surface area contributed by atoms with Crippen molar-refractivity contribution in [2.24, 2.45) is 5.73 Å². The third kappa shape index (κ3) is 12.7. The van der Waals surface area contributed by atoms with Gasteiger partial charge in [0.1, 0.15) is 11.2 Å². The molecular weight excluding hydrogens is 1220 g/mol. The van der Waals surface area contributed by atoms with E-state index in [1.54, 1.807) is 75.8 Å². The van der Waals surface area contributed by atoms with Gasteiger partial charge in [0.05, 0.1) is 36.5 Å². The van der Waals surface area contributed by atoms with Crippen LogP contribution >= 0.6 is 54.5 Å². The number of nitrogens with one attached hydrogen (secondary N) is 4. The number of carbonyl (C=O) groups is 3. The second kappa shape index (κ2) is 25.0. The Kier molecular flexibility index (Phi) is 17.4. The number of ether oxygens (including phenoxy) is 1. The molecule has 2 atom stereocenters. The van der Waals surface area contributed by atoms with Crippen LogP contribution in [-0.4, -0.2) is 63.9 Å². The van der Waals surface area contributed by atoms with Crippen LogP contribution < -0.4 is 21.7 Å². The number of hydrogen-bond donors (Lipinski definition) is 5. The summed E-state index contributed by atoms with van der Waals surface area (Å²) in [6, 6.07) is 53.8. The lowest BCUT2D eigenvalue weighted by molar-refractivity contribution is 0.0519. The van der Waals surface area contributed by atoms with Crippen LogP contribution in [0.5, 0.6) is 0 Å². The summed E-state index contributed by atoms with van der Waals surface area (Å²) in [5.74, 6) is -0.483. The fraction of sp³-hybridized carbons (Fsp3) is 0.127. The predicted octanol–water partition coefficient (Wildman–Crippen LogP) is 14.6. The van der Waals surface area contributed by atoms with E-state index in [0.717, 1.165) is 58.6 Å². The fourth-order valence-electron chi connectivity index (χ4n) is 9.32. The summed E-state index contributed by atoms with van der Waals surface area (Å²) in [4.78, 5) is 54.6. The highest BCUT2D eigenvalue weighted by atomic mass is 79.9. The molecule has 2 unspecified atom stereocenters. The Labute approximate surface area is 499 Å². The van der Waals surface area contributed by atoms with Crippen molar-refractivity contribution in [3.05, 3.63) is 231 Å². The third-order valence-corrected chi connectivity index (χ3v) is 18.9. The highest BCUT2D eigenvalue weighted by Gasteiger charge is 2.28. The molecule has 3 amide bonds. The number of H-pyrrole nitrogens is 1. The normalized spacial score (nSPS) is 12.3. The van der Waals surface area contributed by atoms with E-state index < -0.39 is 27.8 Å². The molecule has 0 aliphatic rings. The zero-order chi connectivity index (χ0) is 57.5. The van der Waals surface area contributed by atoms with Gasteiger partial charge in [-0.1, -0.05) is 140 Å². The first-order valence-corrected chi connectivity index (χ1v) is 30.6. The molecule has 0 fully saturated rings. The highest BCUT2D eigenvalue weighted by molar-refractivity contribution is 9.11. The van der Waals surface area contributed by atoms with Gasteiger partial charge in [0.2, 0.25) is 0 Å². The number of nitrogens with two attached hydrogens (primary N) is 1. The van der Waals surface area contributed by atoms with Crippen molar-refractivity contribution >= 4 is 105 Å². The van der Waals surface area contributed by atoms with Crippen molar-refractivity contribution in [3.63, 3.8) is 0 Å². The fourth-order valence-corrected chi connectivity index (χ4v) is 14.3. The van der Waals surface area contributed by atoms with Gasteiger partial charge in [-0.05, 0) is 111 Å². The average Bonchev–Trinajstić information content (AvgIpc) is 4.51. The highest BCUT2D eigenvalue weighted by Crippen LogP contribution is 2.45. The number of nitrogens with zero attached hydrogens (tertiary/aromatic N) is 3. The zero-order valence-electron chi connectivity index (χ0n) is 44.5. The van der Waals surface area contributed by atoms with E-state index in [2.05, 4.69) is 74.9 Å². The summed E-state index contributed by atoms with van der Waals surface area (Å²) in [5.41, 5.74) is 13.6. The first-order chi connectivity index (χ1) is 39.6. The molecule has 0 bridgehead atoms. The largest absolute Gasteiger partial charge is 0.444 e. The second-order valence-electron chi connectivity index (χ2n) is 19.8. The standard InChI is InChI=1S/C37H33BrN4O5S2.C26H21BrN4OS/c1-37(2,3)47-36(44)40-22-30(25-15-9-5-10-16-25)41-35(43)31-21-29(38)33(48-31)27-19-20-39-34-32(27)28(24-13-7-4-8-14-24)23-42(34)49(45,46)26-17-11-6-12-18-26;27-20-13-22(26(32)31-21(14-28)17-9-5-2-6-10-17)33-24(20)18-11-12-29-25-23(18)19(15-30-25)16-7-3-1-4-8-16/h4-21,23,30H,22H2,1-3H3,(H,40,44)(H,41,43);1-13,15,21H,14,28H2,(H,29,30)(H,31,32). The van der Waals surface area contributed by atoms with Crippen molar-refractivity contribution in [2.45, 2.75) is 43.4 Å². The van der Waals surface area contributed by atoms with Crippen LogP contribution in [0, 0.1) is 0 Å². The van der Waals surface area contributed by atoms with Crippen molar-refractivity contribution < 1.29 is 27.5 Å². The maximum Gasteiger partial charge on any atom is 0.407 e. The smallest absolute Gasteiger partial charge is 0.407 e. The average molecular weight is 1280 g/mol. The van der Waals surface area contributed by atoms with E-state index in [-0.39, 0.29) is 34.9 Å². The lowest BCUT2D eigenvalue weighted by Gasteiger charge is -2.23. The number of benzene rings is 5. The number of aromatic nitrogens is 4. The topological polar surface area (TPSA) is 203 Å². The maximum atomic E-state index is 13.9.